The number of imidazole rings is 1. The summed E-state index contributed by atoms with van der Waals surface area (Å²) in [6, 6.07) is 3.85. The molecule has 2 aromatic rings. The second-order valence-electron chi connectivity index (χ2n) is 2.86. The van der Waals surface area contributed by atoms with Crippen molar-refractivity contribution in [3.63, 3.8) is 0 Å². The lowest BCUT2D eigenvalue weighted by atomic mass is 10.2. The van der Waals surface area contributed by atoms with Gasteiger partial charge in [-0.2, -0.15) is 0 Å². The van der Waals surface area contributed by atoms with Gasteiger partial charge >= 0.3 is 0 Å². The van der Waals surface area contributed by atoms with E-state index in [1.165, 1.54) is 0 Å². The maximum Gasteiger partial charge on any atom is 0.185 e. The van der Waals surface area contributed by atoms with Crippen LogP contribution in [-0.4, -0.2) is 16.3 Å². The van der Waals surface area contributed by atoms with Crippen molar-refractivity contribution in [1.29, 1.82) is 0 Å². The standard InChI is InChI=1S/C9H7BrN2O/c1-5-2-7-8(3-6(5)10)12-9(4-13)11-7/h2-4H,1H3,(H,11,12). The maximum atomic E-state index is 10.4. The first kappa shape index (κ1) is 8.44. The van der Waals surface area contributed by atoms with E-state index < -0.39 is 0 Å². The molecule has 0 fully saturated rings. The Hall–Kier alpha value is -1.16. The number of hydrogen-bond donors (Lipinski definition) is 1. The van der Waals surface area contributed by atoms with Gasteiger partial charge in [-0.05, 0) is 24.6 Å². The smallest absolute Gasteiger partial charge is 0.185 e. The summed E-state index contributed by atoms with van der Waals surface area (Å²) in [7, 11) is 0. The first-order chi connectivity index (χ1) is 6.20. The Balaban J connectivity index is 2.77. The molecule has 1 aromatic carbocycles. The van der Waals surface area contributed by atoms with Gasteiger partial charge in [-0.3, -0.25) is 4.79 Å². The van der Waals surface area contributed by atoms with Crippen molar-refractivity contribution >= 4 is 33.2 Å². The van der Waals surface area contributed by atoms with E-state index in [2.05, 4.69) is 25.9 Å². The van der Waals surface area contributed by atoms with Gasteiger partial charge in [0.1, 0.15) is 0 Å². The monoisotopic (exact) mass is 238 g/mol. The third-order valence-corrected chi connectivity index (χ3v) is 2.75. The largest absolute Gasteiger partial charge is 0.336 e. The van der Waals surface area contributed by atoms with Gasteiger partial charge in [0.15, 0.2) is 12.1 Å². The van der Waals surface area contributed by atoms with Gasteiger partial charge in [-0.1, -0.05) is 15.9 Å². The summed E-state index contributed by atoms with van der Waals surface area (Å²) in [6.07, 6.45) is 0.712. The van der Waals surface area contributed by atoms with Crippen LogP contribution in [0.15, 0.2) is 16.6 Å². The molecule has 0 aliphatic carbocycles. The zero-order chi connectivity index (χ0) is 9.42. The highest BCUT2D eigenvalue weighted by atomic mass is 79.9. The molecule has 0 saturated carbocycles. The number of aldehydes is 1. The van der Waals surface area contributed by atoms with E-state index in [9.17, 15) is 4.79 Å². The molecule has 4 heteroatoms. The molecule has 0 saturated heterocycles. The molecule has 66 valence electrons. The van der Waals surface area contributed by atoms with Crippen molar-refractivity contribution in [2.75, 3.05) is 0 Å². The fourth-order valence-corrected chi connectivity index (χ4v) is 1.55. The highest BCUT2D eigenvalue weighted by Crippen LogP contribution is 2.21. The van der Waals surface area contributed by atoms with Gasteiger partial charge in [-0.15, -0.1) is 0 Å². The number of benzene rings is 1. The minimum absolute atomic E-state index is 0.368. The molecular weight excluding hydrogens is 232 g/mol. The molecule has 0 atom stereocenters. The van der Waals surface area contributed by atoms with Crippen molar-refractivity contribution in [3.8, 4) is 0 Å². The van der Waals surface area contributed by atoms with Crippen LogP contribution < -0.4 is 0 Å². The van der Waals surface area contributed by atoms with Crippen molar-refractivity contribution in [1.82, 2.24) is 9.97 Å². The van der Waals surface area contributed by atoms with Gasteiger partial charge in [0.05, 0.1) is 11.0 Å². The summed E-state index contributed by atoms with van der Waals surface area (Å²) in [5, 5.41) is 0. The summed E-state index contributed by atoms with van der Waals surface area (Å²) in [5.74, 6) is 0.368. The molecule has 1 aromatic heterocycles. The minimum Gasteiger partial charge on any atom is -0.336 e. The van der Waals surface area contributed by atoms with Gasteiger partial charge in [0.25, 0.3) is 0 Å². The second kappa shape index (κ2) is 2.96. The molecule has 0 aliphatic rings. The minimum atomic E-state index is 0.368. The number of nitrogens with one attached hydrogen (secondary N) is 1. The summed E-state index contributed by atoms with van der Waals surface area (Å²) >= 11 is 3.41. The fourth-order valence-electron chi connectivity index (χ4n) is 1.22. The number of carbonyl (C=O) groups excluding carboxylic acids is 1. The van der Waals surface area contributed by atoms with Crippen LogP contribution in [0.5, 0.6) is 0 Å². The van der Waals surface area contributed by atoms with Crippen LogP contribution in [-0.2, 0) is 0 Å². The second-order valence-corrected chi connectivity index (χ2v) is 3.71. The number of hydrogen-bond acceptors (Lipinski definition) is 2. The van der Waals surface area contributed by atoms with Crippen LogP contribution in [0.3, 0.4) is 0 Å². The molecule has 0 bridgehead atoms. The Bertz CT molecular complexity index is 437. The zero-order valence-electron chi connectivity index (χ0n) is 6.97. The van der Waals surface area contributed by atoms with E-state index in [1.807, 2.05) is 19.1 Å². The first-order valence-corrected chi connectivity index (χ1v) is 4.61. The fraction of sp³-hybridized carbons (Fsp3) is 0.111. The van der Waals surface area contributed by atoms with Crippen molar-refractivity contribution in [2.24, 2.45) is 0 Å². The normalized spacial score (nSPS) is 10.6. The van der Waals surface area contributed by atoms with Gasteiger partial charge in [0.2, 0.25) is 0 Å². The summed E-state index contributed by atoms with van der Waals surface area (Å²) in [5.41, 5.74) is 2.82. The van der Waals surface area contributed by atoms with Crippen LogP contribution in [0.1, 0.15) is 16.2 Å². The Morgan fingerprint density at radius 2 is 2.31 bits per heavy atom. The summed E-state index contributed by atoms with van der Waals surface area (Å²) in [4.78, 5) is 17.4. The third kappa shape index (κ3) is 1.37. The maximum absolute atomic E-state index is 10.4. The molecule has 0 spiro atoms. The first-order valence-electron chi connectivity index (χ1n) is 3.82. The van der Waals surface area contributed by atoms with Crippen LogP contribution in [0, 0.1) is 6.92 Å². The van der Waals surface area contributed by atoms with Crippen molar-refractivity contribution in [3.05, 3.63) is 28.0 Å². The highest BCUT2D eigenvalue weighted by molar-refractivity contribution is 9.10. The van der Waals surface area contributed by atoms with E-state index in [4.69, 9.17) is 0 Å². The SMILES string of the molecule is Cc1cc2[nH]c(C=O)nc2cc1Br. The molecule has 0 radical (unpaired) electrons. The Morgan fingerprint density at radius 3 is 3.00 bits per heavy atom. The molecule has 0 amide bonds. The molecule has 1 heterocycles. The average molecular weight is 239 g/mol. The summed E-state index contributed by atoms with van der Waals surface area (Å²) in [6.45, 7) is 1.99. The average Bonchev–Trinajstić information content (AvgIpc) is 2.48. The Morgan fingerprint density at radius 1 is 1.54 bits per heavy atom. The Kier molecular flexibility index (Phi) is 1.92. The predicted molar refractivity (Wildman–Crippen MR) is 53.9 cm³/mol. The number of aryl methyl sites for hydroxylation is 1. The van der Waals surface area contributed by atoms with E-state index >= 15 is 0 Å². The predicted octanol–water partition coefficient (Wildman–Crippen LogP) is 2.45. The number of aromatic nitrogens is 2. The van der Waals surface area contributed by atoms with E-state index in [0.717, 1.165) is 21.1 Å². The van der Waals surface area contributed by atoms with Crippen LogP contribution >= 0.6 is 15.9 Å². The van der Waals surface area contributed by atoms with E-state index in [0.29, 0.717) is 12.1 Å². The number of halogens is 1. The van der Waals surface area contributed by atoms with Crippen LogP contribution in [0.2, 0.25) is 0 Å². The lowest BCUT2D eigenvalue weighted by Gasteiger charge is -1.95. The van der Waals surface area contributed by atoms with Crippen LogP contribution in [0.25, 0.3) is 11.0 Å². The third-order valence-electron chi connectivity index (χ3n) is 1.89. The molecule has 2 rings (SSSR count). The Labute approximate surface area is 83.3 Å². The topological polar surface area (TPSA) is 45.8 Å². The summed E-state index contributed by atoms with van der Waals surface area (Å²) < 4.78 is 1.00. The highest BCUT2D eigenvalue weighted by Gasteiger charge is 2.03. The van der Waals surface area contributed by atoms with Gasteiger partial charge in [-0.25, -0.2) is 4.98 Å². The van der Waals surface area contributed by atoms with Gasteiger partial charge in [0, 0.05) is 4.47 Å². The quantitative estimate of drug-likeness (QED) is 0.777. The molecule has 0 unspecified atom stereocenters. The van der Waals surface area contributed by atoms with E-state index in [-0.39, 0.29) is 0 Å². The van der Waals surface area contributed by atoms with E-state index in [1.54, 1.807) is 0 Å². The molecule has 13 heavy (non-hydrogen) atoms. The lowest BCUT2D eigenvalue weighted by Crippen LogP contribution is -1.78. The van der Waals surface area contributed by atoms with Crippen molar-refractivity contribution in [2.45, 2.75) is 6.92 Å². The van der Waals surface area contributed by atoms with Crippen molar-refractivity contribution < 1.29 is 4.79 Å². The number of nitrogens with zero attached hydrogens (tertiary/aromatic N) is 1. The van der Waals surface area contributed by atoms with Crippen LogP contribution in [0.4, 0.5) is 0 Å². The van der Waals surface area contributed by atoms with Gasteiger partial charge < -0.3 is 4.98 Å². The molecule has 0 aliphatic heterocycles. The number of H-pyrrole nitrogens is 1. The number of aromatic amines is 1. The number of carbonyl (C=O) groups is 1. The molecule has 3 nitrogen and oxygen atoms in total. The molecular formula is C9H7BrN2O. The number of rotatable bonds is 1. The lowest BCUT2D eigenvalue weighted by molar-refractivity contribution is 0.111. The zero-order valence-corrected chi connectivity index (χ0v) is 8.55. The molecule has 1 N–H and O–H groups in total. The number of fused-ring (bicyclic) bond motifs is 1.